The molecule has 236 valence electrons. The number of hydrogen-bond acceptors (Lipinski definition) is 2. The Balaban J connectivity index is 1.25. The van der Waals surface area contributed by atoms with Crippen LogP contribution in [0.15, 0.2) is 181 Å². The highest BCUT2D eigenvalue weighted by molar-refractivity contribution is 5.99. The minimum atomic E-state index is 0.556. The van der Waals surface area contributed by atoms with Crippen LogP contribution >= 0.6 is 0 Å². The summed E-state index contributed by atoms with van der Waals surface area (Å²) in [5.41, 5.74) is 9.59. The number of allylic oxidation sites excluding steroid dienone is 7. The quantitative estimate of drug-likeness (QED) is 0.148. The van der Waals surface area contributed by atoms with Gasteiger partial charge >= 0.3 is 0 Å². The lowest BCUT2D eigenvalue weighted by Gasteiger charge is -2.31. The van der Waals surface area contributed by atoms with Gasteiger partial charge in [-0.3, -0.25) is 0 Å². The summed E-state index contributed by atoms with van der Waals surface area (Å²) < 4.78 is 0. The molecule has 0 spiro atoms. The zero-order valence-corrected chi connectivity index (χ0v) is 28.1. The monoisotopic (exact) mass is 622 g/mol. The number of nitrogens with zero attached hydrogens (tertiary/aromatic N) is 2. The lowest BCUT2D eigenvalue weighted by molar-refractivity contribution is 0.726. The fraction of sp³-hybridized carbons (Fsp3) is 0.130. The molecule has 0 amide bonds. The predicted octanol–water partition coefficient (Wildman–Crippen LogP) is 13.1. The Bertz CT molecular complexity index is 2160. The van der Waals surface area contributed by atoms with Gasteiger partial charge in [-0.25, -0.2) is 0 Å². The molecule has 2 heteroatoms. The van der Waals surface area contributed by atoms with Gasteiger partial charge in [0.2, 0.25) is 0 Å². The van der Waals surface area contributed by atoms with E-state index in [1.165, 1.54) is 55.5 Å². The third-order valence-corrected chi connectivity index (χ3v) is 9.34. The molecular weight excluding hydrogens is 581 g/mol. The van der Waals surface area contributed by atoms with E-state index >= 15 is 0 Å². The van der Waals surface area contributed by atoms with Crippen LogP contribution in [0.25, 0.3) is 27.1 Å². The van der Waals surface area contributed by atoms with Crippen molar-refractivity contribution in [3.05, 3.63) is 187 Å². The third-order valence-electron chi connectivity index (χ3n) is 9.34. The summed E-state index contributed by atoms with van der Waals surface area (Å²) >= 11 is 0. The number of hydrogen-bond donors (Lipinski definition) is 0. The van der Waals surface area contributed by atoms with E-state index in [0.29, 0.717) is 5.92 Å². The molecule has 48 heavy (non-hydrogen) atoms. The van der Waals surface area contributed by atoms with E-state index in [1.54, 1.807) is 0 Å². The average Bonchev–Trinajstić information content (AvgIpc) is 3.14. The third kappa shape index (κ3) is 6.35. The number of benzene rings is 6. The number of para-hydroxylation sites is 1. The van der Waals surface area contributed by atoms with Crippen LogP contribution in [-0.2, 0) is 0 Å². The maximum Gasteiger partial charge on any atom is 0.0540 e. The Labute approximate surface area is 285 Å². The van der Waals surface area contributed by atoms with E-state index in [0.717, 1.165) is 24.2 Å². The van der Waals surface area contributed by atoms with Gasteiger partial charge in [0.25, 0.3) is 0 Å². The minimum Gasteiger partial charge on any atom is -0.314 e. The van der Waals surface area contributed by atoms with Gasteiger partial charge in [0.05, 0.1) is 11.4 Å². The minimum absolute atomic E-state index is 0.556. The maximum atomic E-state index is 2.46. The lowest BCUT2D eigenvalue weighted by atomic mass is 9.99. The van der Waals surface area contributed by atoms with Gasteiger partial charge in [0.15, 0.2) is 0 Å². The normalized spacial score (nSPS) is 15.1. The fourth-order valence-electron chi connectivity index (χ4n) is 6.69. The second kappa shape index (κ2) is 14.0. The van der Waals surface area contributed by atoms with Gasteiger partial charge in [0, 0.05) is 33.5 Å². The standard InChI is InChI=1S/C46H42N2/c1-4-39(47(41-29-24-34(2)25-30-41)45-22-12-16-37-14-8-10-20-43(37)45)31-26-35(3)36-27-32-42(33-28-36)48(40-18-6-5-7-19-40)46-23-13-17-38-15-9-11-21-44(38)46/h5-24,26-34H,4,25H2,1-3H3/b35-26+,39-31+. The molecule has 0 aromatic heterocycles. The van der Waals surface area contributed by atoms with Gasteiger partial charge in [-0.2, -0.15) is 0 Å². The highest BCUT2D eigenvalue weighted by Crippen LogP contribution is 2.39. The summed E-state index contributed by atoms with van der Waals surface area (Å²) in [6.07, 6.45) is 13.6. The van der Waals surface area contributed by atoms with Crippen LogP contribution in [0.2, 0.25) is 0 Å². The van der Waals surface area contributed by atoms with E-state index in [9.17, 15) is 0 Å². The first kappa shape index (κ1) is 31.0. The number of rotatable bonds is 9. The molecule has 0 radical (unpaired) electrons. The van der Waals surface area contributed by atoms with Crippen molar-refractivity contribution < 1.29 is 0 Å². The lowest BCUT2D eigenvalue weighted by Crippen LogP contribution is -2.22. The Morgan fingerprint density at radius 1 is 0.646 bits per heavy atom. The topological polar surface area (TPSA) is 6.48 Å². The molecule has 0 saturated heterocycles. The van der Waals surface area contributed by atoms with Crippen molar-refractivity contribution in [2.45, 2.75) is 33.6 Å². The highest BCUT2D eigenvalue weighted by Gasteiger charge is 2.19. The van der Waals surface area contributed by atoms with Gasteiger partial charge in [0.1, 0.15) is 0 Å². The summed E-state index contributed by atoms with van der Waals surface area (Å²) in [4.78, 5) is 4.81. The molecule has 2 nitrogen and oxygen atoms in total. The van der Waals surface area contributed by atoms with Crippen LogP contribution < -0.4 is 9.80 Å². The summed E-state index contributed by atoms with van der Waals surface area (Å²) in [5, 5.41) is 4.98. The number of fused-ring (bicyclic) bond motifs is 2. The molecule has 1 unspecified atom stereocenters. The molecule has 7 rings (SSSR count). The predicted molar refractivity (Wildman–Crippen MR) is 208 cm³/mol. The van der Waals surface area contributed by atoms with Gasteiger partial charge in [-0.15, -0.1) is 0 Å². The second-order valence-corrected chi connectivity index (χ2v) is 12.6. The number of anilines is 4. The molecule has 1 aliphatic carbocycles. The molecule has 0 heterocycles. The molecular formula is C46H42N2. The smallest absolute Gasteiger partial charge is 0.0540 e. The molecule has 0 bridgehead atoms. The van der Waals surface area contributed by atoms with Crippen molar-refractivity contribution >= 4 is 49.9 Å². The fourth-order valence-corrected chi connectivity index (χ4v) is 6.69. The highest BCUT2D eigenvalue weighted by atomic mass is 15.2. The molecule has 0 saturated carbocycles. The van der Waals surface area contributed by atoms with Crippen molar-refractivity contribution in [2.75, 3.05) is 9.80 Å². The van der Waals surface area contributed by atoms with Crippen LogP contribution in [0.3, 0.4) is 0 Å². The molecule has 0 fully saturated rings. The summed E-state index contributed by atoms with van der Waals surface area (Å²) in [6, 6.07) is 50.1. The Morgan fingerprint density at radius 2 is 1.23 bits per heavy atom. The SMILES string of the molecule is CC/C(=C\C=C(/C)c1ccc(N(c2ccccc2)c2cccc3ccccc23)cc1)N(C1=CCC(C)C=C1)c1cccc2ccccc12. The van der Waals surface area contributed by atoms with Crippen LogP contribution in [0, 0.1) is 5.92 Å². The Morgan fingerprint density at radius 3 is 1.88 bits per heavy atom. The molecule has 1 atom stereocenters. The van der Waals surface area contributed by atoms with Gasteiger partial charge in [-0.1, -0.05) is 135 Å². The largest absolute Gasteiger partial charge is 0.314 e. The van der Waals surface area contributed by atoms with Crippen LogP contribution in [-0.4, -0.2) is 0 Å². The van der Waals surface area contributed by atoms with Gasteiger partial charge in [-0.05, 0) is 96.1 Å². The van der Waals surface area contributed by atoms with Crippen LogP contribution in [0.5, 0.6) is 0 Å². The average molecular weight is 623 g/mol. The summed E-state index contributed by atoms with van der Waals surface area (Å²) in [5.74, 6) is 0.556. The van der Waals surface area contributed by atoms with Crippen molar-refractivity contribution in [1.82, 2.24) is 0 Å². The van der Waals surface area contributed by atoms with Gasteiger partial charge < -0.3 is 9.80 Å². The van der Waals surface area contributed by atoms with Crippen molar-refractivity contribution in [3.63, 3.8) is 0 Å². The Hall–Kier alpha value is -5.60. The van der Waals surface area contributed by atoms with E-state index in [4.69, 9.17) is 0 Å². The van der Waals surface area contributed by atoms with Crippen molar-refractivity contribution in [1.29, 1.82) is 0 Å². The van der Waals surface area contributed by atoms with E-state index in [1.807, 2.05) is 0 Å². The molecule has 1 aliphatic rings. The Kier molecular flexibility index (Phi) is 9.07. The maximum absolute atomic E-state index is 2.46. The second-order valence-electron chi connectivity index (χ2n) is 12.6. The van der Waals surface area contributed by atoms with Crippen LogP contribution in [0.4, 0.5) is 22.7 Å². The van der Waals surface area contributed by atoms with E-state index in [-0.39, 0.29) is 0 Å². The van der Waals surface area contributed by atoms with E-state index < -0.39 is 0 Å². The zero-order chi connectivity index (χ0) is 32.9. The molecule has 6 aromatic rings. The molecule has 6 aromatic carbocycles. The first-order valence-corrected chi connectivity index (χ1v) is 17.1. The first-order chi connectivity index (χ1) is 23.6. The van der Waals surface area contributed by atoms with Crippen LogP contribution in [0.1, 0.15) is 39.2 Å². The van der Waals surface area contributed by atoms with E-state index in [2.05, 4.69) is 200 Å². The summed E-state index contributed by atoms with van der Waals surface area (Å²) in [7, 11) is 0. The first-order valence-electron chi connectivity index (χ1n) is 17.1. The zero-order valence-electron chi connectivity index (χ0n) is 28.1. The van der Waals surface area contributed by atoms with Crippen molar-refractivity contribution in [3.8, 4) is 0 Å². The summed E-state index contributed by atoms with van der Waals surface area (Å²) in [6.45, 7) is 6.74. The molecule has 0 aliphatic heterocycles. The molecule has 0 N–H and O–H groups in total. The van der Waals surface area contributed by atoms with Crippen molar-refractivity contribution in [2.24, 2.45) is 5.92 Å².